The van der Waals surface area contributed by atoms with Gasteiger partial charge in [-0.1, -0.05) is 27.2 Å². The van der Waals surface area contributed by atoms with Crippen molar-refractivity contribution in [2.45, 2.75) is 65.5 Å². The number of benzene rings is 1. The Balaban J connectivity index is 2.15. The molecule has 2 rings (SSSR count). The van der Waals surface area contributed by atoms with Crippen molar-refractivity contribution in [3.8, 4) is 5.75 Å². The van der Waals surface area contributed by atoms with Crippen LogP contribution in [0.1, 0.15) is 52.5 Å². The van der Waals surface area contributed by atoms with E-state index >= 15 is 0 Å². The number of unbranched alkanes of at least 4 members (excludes halogenated alkanes) is 1. The van der Waals surface area contributed by atoms with E-state index in [1.54, 1.807) is 19.1 Å². The van der Waals surface area contributed by atoms with Crippen LogP contribution < -0.4 is 15.7 Å². The minimum atomic E-state index is -1.08. The van der Waals surface area contributed by atoms with Crippen molar-refractivity contribution < 1.29 is 23.8 Å². The van der Waals surface area contributed by atoms with Crippen LogP contribution in [-0.2, 0) is 16.0 Å². The van der Waals surface area contributed by atoms with Crippen LogP contribution in [-0.4, -0.2) is 29.1 Å². The van der Waals surface area contributed by atoms with Crippen molar-refractivity contribution in [3.63, 3.8) is 0 Å². The maximum absolute atomic E-state index is 12.4. The molecule has 158 valence electrons. The molecule has 2 atom stereocenters. The highest BCUT2D eigenvalue weighted by Gasteiger charge is 2.24. The Morgan fingerprint density at radius 1 is 1.21 bits per heavy atom. The molecule has 1 aromatic carbocycles. The summed E-state index contributed by atoms with van der Waals surface area (Å²) in [5, 5.41) is 12.6. The predicted molar refractivity (Wildman–Crippen MR) is 110 cm³/mol. The number of carboxylic acid groups (broad SMARTS) is 1. The molecule has 0 saturated carbocycles. The minimum Gasteiger partial charge on any atom is -0.481 e. The highest BCUT2D eigenvalue weighted by Crippen LogP contribution is 2.24. The third-order valence-electron chi connectivity index (χ3n) is 4.61. The molecule has 7 heteroatoms. The summed E-state index contributed by atoms with van der Waals surface area (Å²) in [6.07, 6.45) is 2.19. The summed E-state index contributed by atoms with van der Waals surface area (Å²) in [4.78, 5) is 35.6. The first-order valence-electron chi connectivity index (χ1n) is 9.97. The summed E-state index contributed by atoms with van der Waals surface area (Å²) < 4.78 is 11.0. The van der Waals surface area contributed by atoms with Gasteiger partial charge in [0, 0.05) is 17.5 Å². The third kappa shape index (κ3) is 6.34. The quantitative estimate of drug-likeness (QED) is 0.588. The van der Waals surface area contributed by atoms with Crippen LogP contribution in [0.25, 0.3) is 11.0 Å². The van der Waals surface area contributed by atoms with Gasteiger partial charge in [0.05, 0.1) is 0 Å². The maximum Gasteiger partial charge on any atom is 0.336 e. The lowest BCUT2D eigenvalue weighted by Gasteiger charge is -2.20. The second-order valence-corrected chi connectivity index (χ2v) is 7.64. The molecular weight excluding hydrogens is 374 g/mol. The second kappa shape index (κ2) is 10.1. The first-order chi connectivity index (χ1) is 13.7. The number of carbonyl (C=O) groups is 2. The monoisotopic (exact) mass is 403 g/mol. The average molecular weight is 403 g/mol. The van der Waals surface area contributed by atoms with Crippen molar-refractivity contribution in [2.75, 3.05) is 0 Å². The molecule has 7 nitrogen and oxygen atoms in total. The van der Waals surface area contributed by atoms with Crippen LogP contribution in [0.3, 0.4) is 0 Å². The first-order valence-corrected chi connectivity index (χ1v) is 9.97. The van der Waals surface area contributed by atoms with E-state index in [1.807, 2.05) is 19.9 Å². The molecule has 0 aliphatic carbocycles. The number of carboxylic acids is 1. The zero-order valence-electron chi connectivity index (χ0n) is 17.4. The van der Waals surface area contributed by atoms with Gasteiger partial charge in [-0.3, -0.25) is 4.79 Å². The molecule has 0 radical (unpaired) electrons. The van der Waals surface area contributed by atoms with E-state index in [9.17, 15) is 19.5 Å². The van der Waals surface area contributed by atoms with Gasteiger partial charge in [-0.05, 0) is 49.8 Å². The molecule has 2 aromatic rings. The number of nitrogens with one attached hydrogen (secondary N) is 1. The van der Waals surface area contributed by atoms with Crippen molar-refractivity contribution in [1.82, 2.24) is 5.32 Å². The van der Waals surface area contributed by atoms with Crippen LogP contribution in [0.2, 0.25) is 0 Å². The highest BCUT2D eigenvalue weighted by atomic mass is 16.5. The fourth-order valence-corrected chi connectivity index (χ4v) is 3.10. The molecule has 0 unspecified atom stereocenters. The standard InChI is InChI=1S/C22H29NO6/c1-5-6-7-15-11-20(24)29-19-12-16(8-9-17(15)19)28-14(4)21(25)23-18(22(26)27)10-13(2)3/h8-9,11-14,18H,5-7,10H2,1-4H3,(H,23,25)(H,26,27)/t14-,18-/m0/s1. The zero-order chi connectivity index (χ0) is 21.6. The van der Waals surface area contributed by atoms with E-state index in [1.165, 1.54) is 6.07 Å². The van der Waals surface area contributed by atoms with E-state index < -0.39 is 29.6 Å². The van der Waals surface area contributed by atoms with Gasteiger partial charge in [0.1, 0.15) is 17.4 Å². The molecule has 0 aliphatic rings. The van der Waals surface area contributed by atoms with Gasteiger partial charge in [0.15, 0.2) is 6.10 Å². The van der Waals surface area contributed by atoms with Gasteiger partial charge in [-0.15, -0.1) is 0 Å². The number of carbonyl (C=O) groups excluding carboxylic acids is 1. The number of ether oxygens (including phenoxy) is 1. The Morgan fingerprint density at radius 2 is 1.93 bits per heavy atom. The Morgan fingerprint density at radius 3 is 2.55 bits per heavy atom. The normalized spacial score (nSPS) is 13.3. The van der Waals surface area contributed by atoms with Gasteiger partial charge in [-0.25, -0.2) is 9.59 Å². The average Bonchev–Trinajstić information content (AvgIpc) is 2.64. The van der Waals surface area contributed by atoms with Gasteiger partial charge in [0.2, 0.25) is 0 Å². The second-order valence-electron chi connectivity index (χ2n) is 7.64. The van der Waals surface area contributed by atoms with Crippen molar-refractivity contribution >= 4 is 22.8 Å². The Labute approximate surface area is 170 Å². The van der Waals surface area contributed by atoms with Crippen molar-refractivity contribution in [1.29, 1.82) is 0 Å². The number of aryl methyl sites for hydroxylation is 1. The van der Waals surface area contributed by atoms with E-state index in [2.05, 4.69) is 12.2 Å². The fourth-order valence-electron chi connectivity index (χ4n) is 3.10. The first kappa shape index (κ1) is 22.5. The number of amides is 1. The molecule has 29 heavy (non-hydrogen) atoms. The maximum atomic E-state index is 12.4. The summed E-state index contributed by atoms with van der Waals surface area (Å²) in [5.74, 6) is -1.10. The van der Waals surface area contributed by atoms with Crippen LogP contribution >= 0.6 is 0 Å². The van der Waals surface area contributed by atoms with E-state index in [-0.39, 0.29) is 5.92 Å². The molecule has 0 fully saturated rings. The zero-order valence-corrected chi connectivity index (χ0v) is 17.4. The number of aliphatic carboxylic acids is 1. The SMILES string of the molecule is CCCCc1cc(=O)oc2cc(O[C@@H](C)C(=O)N[C@@H](CC(C)C)C(=O)O)ccc12. The summed E-state index contributed by atoms with van der Waals surface area (Å²) in [7, 11) is 0. The molecule has 2 N–H and O–H groups in total. The topological polar surface area (TPSA) is 106 Å². The van der Waals surface area contributed by atoms with Gasteiger partial charge >= 0.3 is 11.6 Å². The van der Waals surface area contributed by atoms with Crippen LogP contribution in [0.5, 0.6) is 5.75 Å². The summed E-state index contributed by atoms with van der Waals surface area (Å²) in [6.45, 7) is 7.41. The third-order valence-corrected chi connectivity index (χ3v) is 4.61. The predicted octanol–water partition coefficient (Wildman–Crippen LogP) is 3.52. The van der Waals surface area contributed by atoms with Crippen molar-refractivity contribution in [3.05, 3.63) is 40.2 Å². The molecule has 0 bridgehead atoms. The van der Waals surface area contributed by atoms with Gasteiger partial charge in [-0.2, -0.15) is 0 Å². The molecule has 1 amide bonds. The van der Waals surface area contributed by atoms with Gasteiger partial charge in [0.25, 0.3) is 5.91 Å². The fraction of sp³-hybridized carbons (Fsp3) is 0.500. The summed E-state index contributed by atoms with van der Waals surface area (Å²) >= 11 is 0. The smallest absolute Gasteiger partial charge is 0.336 e. The van der Waals surface area contributed by atoms with Gasteiger partial charge < -0.3 is 19.6 Å². The van der Waals surface area contributed by atoms with Crippen LogP contribution in [0, 0.1) is 5.92 Å². The molecule has 0 spiro atoms. The van der Waals surface area contributed by atoms with E-state index in [0.29, 0.717) is 17.8 Å². The molecule has 1 aromatic heterocycles. The lowest BCUT2D eigenvalue weighted by molar-refractivity contribution is -0.143. The Bertz CT molecular complexity index is 917. The Hall–Kier alpha value is -2.83. The van der Waals surface area contributed by atoms with Crippen LogP contribution in [0.4, 0.5) is 0 Å². The van der Waals surface area contributed by atoms with Crippen LogP contribution in [0.15, 0.2) is 33.5 Å². The number of rotatable bonds is 10. The van der Waals surface area contributed by atoms with E-state index in [0.717, 1.165) is 30.2 Å². The molecule has 1 heterocycles. The Kier molecular flexibility index (Phi) is 7.82. The van der Waals surface area contributed by atoms with E-state index in [4.69, 9.17) is 9.15 Å². The largest absolute Gasteiger partial charge is 0.481 e. The number of hydrogen-bond donors (Lipinski definition) is 2. The molecule has 0 saturated heterocycles. The molecule has 0 aliphatic heterocycles. The summed E-state index contributed by atoms with van der Waals surface area (Å²) in [5.41, 5.74) is 0.898. The summed E-state index contributed by atoms with van der Waals surface area (Å²) in [6, 6.07) is 5.64. The van der Waals surface area contributed by atoms with Crippen molar-refractivity contribution in [2.24, 2.45) is 5.92 Å². The lowest BCUT2D eigenvalue weighted by atomic mass is 10.0. The minimum absolute atomic E-state index is 0.123. The lowest BCUT2D eigenvalue weighted by Crippen LogP contribution is -2.46. The number of fused-ring (bicyclic) bond motifs is 1. The highest BCUT2D eigenvalue weighted by molar-refractivity contribution is 5.86. The molecular formula is C22H29NO6. The number of hydrogen-bond acceptors (Lipinski definition) is 5.